The SMILES string of the molecule is CCCCc1nc2cc(C)cnc2n1C(CC)C(=O)O. The fourth-order valence-electron chi connectivity index (χ4n) is 2.44. The molecule has 5 heteroatoms. The first-order valence-electron chi connectivity index (χ1n) is 7.14. The minimum atomic E-state index is -0.827. The molecular formula is C15H21N3O2. The summed E-state index contributed by atoms with van der Waals surface area (Å²) >= 11 is 0. The van der Waals surface area contributed by atoms with Crippen LogP contribution in [-0.4, -0.2) is 25.6 Å². The van der Waals surface area contributed by atoms with Crippen molar-refractivity contribution >= 4 is 17.1 Å². The quantitative estimate of drug-likeness (QED) is 0.879. The number of aliphatic carboxylic acids is 1. The summed E-state index contributed by atoms with van der Waals surface area (Å²) in [4.78, 5) is 20.5. The van der Waals surface area contributed by atoms with Gasteiger partial charge in [0.2, 0.25) is 0 Å². The van der Waals surface area contributed by atoms with Crippen molar-refractivity contribution in [3.8, 4) is 0 Å². The Labute approximate surface area is 118 Å². The number of hydrogen-bond donors (Lipinski definition) is 1. The van der Waals surface area contributed by atoms with Gasteiger partial charge in [0.1, 0.15) is 17.4 Å². The summed E-state index contributed by atoms with van der Waals surface area (Å²) < 4.78 is 1.80. The summed E-state index contributed by atoms with van der Waals surface area (Å²) in [5.41, 5.74) is 2.50. The molecule has 1 atom stereocenters. The van der Waals surface area contributed by atoms with Gasteiger partial charge in [-0.3, -0.25) is 4.57 Å². The van der Waals surface area contributed by atoms with Gasteiger partial charge in [0.05, 0.1) is 0 Å². The maximum absolute atomic E-state index is 11.5. The summed E-state index contributed by atoms with van der Waals surface area (Å²) in [5, 5.41) is 9.43. The summed E-state index contributed by atoms with van der Waals surface area (Å²) in [6, 6.07) is 1.37. The number of hydrogen-bond acceptors (Lipinski definition) is 3. The lowest BCUT2D eigenvalue weighted by Gasteiger charge is -2.15. The molecule has 108 valence electrons. The number of carboxylic acid groups (broad SMARTS) is 1. The normalized spacial score (nSPS) is 12.8. The third-order valence-electron chi connectivity index (χ3n) is 3.48. The Morgan fingerprint density at radius 1 is 1.45 bits per heavy atom. The van der Waals surface area contributed by atoms with E-state index in [4.69, 9.17) is 0 Å². The van der Waals surface area contributed by atoms with E-state index >= 15 is 0 Å². The van der Waals surface area contributed by atoms with Crippen LogP contribution in [0.5, 0.6) is 0 Å². The Balaban J connectivity index is 2.60. The molecule has 0 bridgehead atoms. The molecule has 2 aromatic heterocycles. The lowest BCUT2D eigenvalue weighted by molar-refractivity contribution is -0.141. The first-order chi connectivity index (χ1) is 9.58. The monoisotopic (exact) mass is 275 g/mol. The predicted octanol–water partition coefficient (Wildman–Crippen LogP) is 3.12. The topological polar surface area (TPSA) is 68.0 Å². The van der Waals surface area contributed by atoms with Crippen LogP contribution in [0.25, 0.3) is 11.2 Å². The Bertz CT molecular complexity index is 619. The molecule has 1 unspecified atom stereocenters. The number of unbranched alkanes of at least 4 members (excludes halogenated alkanes) is 1. The van der Waals surface area contributed by atoms with E-state index in [1.165, 1.54) is 0 Å². The van der Waals surface area contributed by atoms with E-state index in [1.54, 1.807) is 10.8 Å². The van der Waals surface area contributed by atoms with Gasteiger partial charge < -0.3 is 5.11 Å². The van der Waals surface area contributed by atoms with E-state index in [2.05, 4.69) is 16.9 Å². The van der Waals surface area contributed by atoms with Gasteiger partial charge >= 0.3 is 5.97 Å². The second kappa shape index (κ2) is 6.03. The number of pyridine rings is 1. The number of imidazole rings is 1. The highest BCUT2D eigenvalue weighted by atomic mass is 16.4. The highest BCUT2D eigenvalue weighted by molar-refractivity contribution is 5.78. The molecule has 0 saturated carbocycles. The standard InChI is InChI=1S/C15H21N3O2/c1-4-6-7-13-17-11-8-10(3)9-16-14(11)18(13)12(5-2)15(19)20/h8-9,12H,4-7H2,1-3H3,(H,19,20). The zero-order valence-electron chi connectivity index (χ0n) is 12.3. The van der Waals surface area contributed by atoms with Crippen molar-refractivity contribution in [1.29, 1.82) is 0 Å². The molecule has 0 aliphatic carbocycles. The molecular weight excluding hydrogens is 254 g/mol. The number of nitrogens with zero attached hydrogens (tertiary/aromatic N) is 3. The van der Waals surface area contributed by atoms with Crippen LogP contribution in [0.2, 0.25) is 0 Å². The molecule has 0 amide bonds. The van der Waals surface area contributed by atoms with Gasteiger partial charge in [-0.25, -0.2) is 14.8 Å². The Hall–Kier alpha value is -1.91. The largest absolute Gasteiger partial charge is 0.480 e. The molecule has 5 nitrogen and oxygen atoms in total. The van der Waals surface area contributed by atoms with Crippen molar-refractivity contribution in [2.75, 3.05) is 0 Å². The maximum atomic E-state index is 11.5. The predicted molar refractivity (Wildman–Crippen MR) is 77.8 cm³/mol. The van der Waals surface area contributed by atoms with Crippen LogP contribution in [0, 0.1) is 6.92 Å². The number of carbonyl (C=O) groups is 1. The lowest BCUT2D eigenvalue weighted by Crippen LogP contribution is -2.20. The lowest BCUT2D eigenvalue weighted by atomic mass is 10.2. The zero-order valence-corrected chi connectivity index (χ0v) is 12.3. The summed E-state index contributed by atoms with van der Waals surface area (Å²) in [5.74, 6) is 0.00104. The van der Waals surface area contributed by atoms with E-state index < -0.39 is 12.0 Å². The van der Waals surface area contributed by atoms with Crippen molar-refractivity contribution in [2.45, 2.75) is 52.5 Å². The third-order valence-corrected chi connectivity index (χ3v) is 3.48. The van der Waals surface area contributed by atoms with Crippen molar-refractivity contribution in [3.63, 3.8) is 0 Å². The van der Waals surface area contributed by atoms with Gasteiger partial charge in [0.25, 0.3) is 0 Å². The average molecular weight is 275 g/mol. The molecule has 2 aromatic rings. The molecule has 0 aliphatic heterocycles. The maximum Gasteiger partial charge on any atom is 0.326 e. The number of aryl methyl sites for hydroxylation is 2. The smallest absolute Gasteiger partial charge is 0.326 e. The Morgan fingerprint density at radius 3 is 2.80 bits per heavy atom. The number of rotatable bonds is 6. The number of fused-ring (bicyclic) bond motifs is 1. The first kappa shape index (κ1) is 14.5. The summed E-state index contributed by atoms with van der Waals surface area (Å²) in [6.45, 7) is 5.96. The molecule has 0 fully saturated rings. The zero-order chi connectivity index (χ0) is 14.7. The van der Waals surface area contributed by atoms with Crippen molar-refractivity contribution in [1.82, 2.24) is 14.5 Å². The number of carboxylic acids is 1. The third kappa shape index (κ3) is 2.66. The van der Waals surface area contributed by atoms with Crippen molar-refractivity contribution < 1.29 is 9.90 Å². The van der Waals surface area contributed by atoms with Gasteiger partial charge in [0.15, 0.2) is 5.65 Å². The van der Waals surface area contributed by atoms with Gasteiger partial charge in [-0.05, 0) is 31.4 Å². The van der Waals surface area contributed by atoms with E-state index in [1.807, 2.05) is 19.9 Å². The minimum Gasteiger partial charge on any atom is -0.480 e. The Morgan fingerprint density at radius 2 is 2.20 bits per heavy atom. The van der Waals surface area contributed by atoms with Gasteiger partial charge in [0, 0.05) is 12.6 Å². The van der Waals surface area contributed by atoms with E-state index in [0.29, 0.717) is 12.1 Å². The van der Waals surface area contributed by atoms with E-state index in [0.717, 1.165) is 36.2 Å². The second-order valence-electron chi connectivity index (χ2n) is 5.12. The molecule has 2 heterocycles. The molecule has 20 heavy (non-hydrogen) atoms. The van der Waals surface area contributed by atoms with E-state index in [9.17, 15) is 9.90 Å². The first-order valence-corrected chi connectivity index (χ1v) is 7.14. The van der Waals surface area contributed by atoms with Crippen LogP contribution >= 0.6 is 0 Å². The van der Waals surface area contributed by atoms with Gasteiger partial charge in [-0.2, -0.15) is 0 Å². The molecule has 0 aliphatic rings. The molecule has 1 N–H and O–H groups in total. The van der Waals surface area contributed by atoms with Crippen LogP contribution in [0.1, 0.15) is 50.5 Å². The fourth-order valence-corrected chi connectivity index (χ4v) is 2.44. The molecule has 0 aromatic carbocycles. The van der Waals surface area contributed by atoms with Gasteiger partial charge in [-0.15, -0.1) is 0 Å². The molecule has 0 saturated heterocycles. The minimum absolute atomic E-state index is 0.523. The highest BCUT2D eigenvalue weighted by Gasteiger charge is 2.24. The average Bonchev–Trinajstić information content (AvgIpc) is 2.74. The second-order valence-corrected chi connectivity index (χ2v) is 5.12. The van der Waals surface area contributed by atoms with Crippen LogP contribution in [0.3, 0.4) is 0 Å². The van der Waals surface area contributed by atoms with E-state index in [-0.39, 0.29) is 0 Å². The van der Waals surface area contributed by atoms with Crippen LogP contribution in [0.15, 0.2) is 12.3 Å². The molecule has 2 rings (SSSR count). The van der Waals surface area contributed by atoms with Crippen LogP contribution < -0.4 is 0 Å². The Kier molecular flexibility index (Phi) is 4.37. The molecule has 0 radical (unpaired) electrons. The van der Waals surface area contributed by atoms with Crippen LogP contribution in [-0.2, 0) is 11.2 Å². The summed E-state index contributed by atoms with van der Waals surface area (Å²) in [7, 11) is 0. The fraction of sp³-hybridized carbons (Fsp3) is 0.533. The van der Waals surface area contributed by atoms with Crippen LogP contribution in [0.4, 0.5) is 0 Å². The van der Waals surface area contributed by atoms with Crippen molar-refractivity contribution in [3.05, 3.63) is 23.7 Å². The summed E-state index contributed by atoms with van der Waals surface area (Å²) in [6.07, 6.45) is 5.13. The van der Waals surface area contributed by atoms with Gasteiger partial charge in [-0.1, -0.05) is 20.3 Å². The molecule has 0 spiro atoms. The van der Waals surface area contributed by atoms with Crippen molar-refractivity contribution in [2.24, 2.45) is 0 Å². The number of aromatic nitrogens is 3. The highest BCUT2D eigenvalue weighted by Crippen LogP contribution is 2.24.